The zero-order valence-electron chi connectivity index (χ0n) is 31.2. The molecule has 0 aliphatic carbocycles. The first-order valence-corrected chi connectivity index (χ1v) is 18.5. The van der Waals surface area contributed by atoms with Crippen LogP contribution in [0.4, 0.5) is 0 Å². The van der Waals surface area contributed by atoms with Gasteiger partial charge in [0.05, 0.1) is 22.4 Å². The molecule has 0 bridgehead atoms. The third kappa shape index (κ3) is 7.21. The van der Waals surface area contributed by atoms with Crippen LogP contribution in [-0.4, -0.2) is 19.3 Å². The quantitative estimate of drug-likeness (QED) is 0.128. The zero-order valence-corrected chi connectivity index (χ0v) is 31.2. The molecule has 3 aromatic heterocycles. The lowest BCUT2D eigenvalue weighted by molar-refractivity contribution is 0.411. The Morgan fingerprint density at radius 3 is 2.35 bits per heavy atom. The van der Waals surface area contributed by atoms with E-state index >= 15 is 0 Å². The molecule has 0 spiro atoms. The number of nitrogens with zero attached hydrogens (tertiary/aromatic N) is 4. The van der Waals surface area contributed by atoms with Gasteiger partial charge in [0.25, 0.3) is 0 Å². The lowest BCUT2D eigenvalue weighted by atomic mass is 9.88. The molecule has 0 N–H and O–H groups in total. The van der Waals surface area contributed by atoms with Gasteiger partial charge in [0.1, 0.15) is 17.3 Å². The molecule has 0 saturated carbocycles. The second-order valence-electron chi connectivity index (χ2n) is 15.4. The Hall–Kier alpha value is -5.16. The van der Waals surface area contributed by atoms with Gasteiger partial charge < -0.3 is 4.74 Å². The van der Waals surface area contributed by atoms with Gasteiger partial charge in [-0.3, -0.25) is 4.57 Å². The van der Waals surface area contributed by atoms with Crippen molar-refractivity contribution in [1.29, 1.82) is 0 Å². The summed E-state index contributed by atoms with van der Waals surface area (Å²) in [6.45, 7) is 15.7. The van der Waals surface area contributed by atoms with Crippen molar-refractivity contribution >= 4 is 21.8 Å². The Labute approximate surface area is 302 Å². The van der Waals surface area contributed by atoms with Gasteiger partial charge in [-0.25, -0.2) is 9.67 Å². The number of aromatic nitrogens is 4. The number of hydrogen-bond acceptors (Lipinski definition) is 3. The van der Waals surface area contributed by atoms with Crippen molar-refractivity contribution in [3.8, 4) is 34.1 Å². The van der Waals surface area contributed by atoms with Crippen LogP contribution in [0, 0.1) is 19.3 Å². The second-order valence-corrected chi connectivity index (χ2v) is 15.4. The van der Waals surface area contributed by atoms with Crippen molar-refractivity contribution in [3.63, 3.8) is 0 Å². The molecule has 1 unspecified atom stereocenters. The van der Waals surface area contributed by atoms with Crippen LogP contribution >= 0.6 is 0 Å². The minimum Gasteiger partial charge on any atom is -0.457 e. The van der Waals surface area contributed by atoms with Crippen LogP contribution in [0.2, 0.25) is 0 Å². The summed E-state index contributed by atoms with van der Waals surface area (Å²) in [5, 5.41) is 7.39. The molecular formula is C46H50N4O. The first-order chi connectivity index (χ1) is 24.6. The largest absolute Gasteiger partial charge is 0.457 e. The van der Waals surface area contributed by atoms with E-state index in [2.05, 4.69) is 138 Å². The van der Waals surface area contributed by atoms with Crippen molar-refractivity contribution in [2.45, 2.75) is 86.5 Å². The van der Waals surface area contributed by atoms with Gasteiger partial charge in [-0.1, -0.05) is 96.3 Å². The monoisotopic (exact) mass is 674 g/mol. The fourth-order valence-electron chi connectivity index (χ4n) is 7.54. The van der Waals surface area contributed by atoms with E-state index in [1.807, 2.05) is 29.1 Å². The summed E-state index contributed by atoms with van der Waals surface area (Å²) >= 11 is 0. The van der Waals surface area contributed by atoms with Crippen LogP contribution in [0.15, 0.2) is 109 Å². The number of unbranched alkanes of at least 4 members (excludes halogenated alkanes) is 2. The number of fused-ring (bicyclic) bond motifs is 3. The summed E-state index contributed by atoms with van der Waals surface area (Å²) in [5.41, 5.74) is 10.5. The van der Waals surface area contributed by atoms with E-state index in [1.165, 1.54) is 58.7 Å². The molecule has 0 aliphatic heterocycles. The van der Waals surface area contributed by atoms with Crippen LogP contribution in [0.1, 0.15) is 88.7 Å². The minimum atomic E-state index is 0.175. The van der Waals surface area contributed by atoms with E-state index in [1.54, 1.807) is 0 Å². The molecule has 7 aromatic rings. The van der Waals surface area contributed by atoms with E-state index in [4.69, 9.17) is 14.8 Å². The van der Waals surface area contributed by atoms with Crippen LogP contribution in [0.25, 0.3) is 44.4 Å². The molecule has 4 aromatic carbocycles. The Morgan fingerprint density at radius 2 is 1.57 bits per heavy atom. The highest BCUT2D eigenvalue weighted by Crippen LogP contribution is 2.38. The molecule has 5 heteroatoms. The normalized spacial score (nSPS) is 12.5. The molecule has 7 rings (SSSR count). The predicted molar refractivity (Wildman–Crippen MR) is 213 cm³/mol. The van der Waals surface area contributed by atoms with Crippen molar-refractivity contribution in [1.82, 2.24) is 19.3 Å². The predicted octanol–water partition coefficient (Wildman–Crippen LogP) is 12.7. The van der Waals surface area contributed by atoms with Crippen molar-refractivity contribution in [2.24, 2.45) is 5.41 Å². The van der Waals surface area contributed by atoms with Gasteiger partial charge in [-0.2, -0.15) is 5.10 Å². The molecule has 0 fully saturated rings. The second kappa shape index (κ2) is 14.2. The van der Waals surface area contributed by atoms with Crippen LogP contribution in [0.5, 0.6) is 11.5 Å². The average Bonchev–Trinajstić information content (AvgIpc) is 3.60. The molecule has 0 aliphatic rings. The Kier molecular flexibility index (Phi) is 9.56. The standard InChI is InChI=1S/C46H50N4O/c1-8-9-11-15-31(2)36-20-23-42-41(27-36)40-22-21-39(29-43(40)49(42)44-26-34(24-25-47-44)30-46(5,6)7)51-38-19-14-18-37(28-38)50-33(4)45(32(3)48-50)35-16-12-10-13-17-35/h10,12-14,16-29,31H,8-9,11,15,30H2,1-7H3. The maximum atomic E-state index is 6.63. The highest BCUT2D eigenvalue weighted by Gasteiger charge is 2.19. The molecule has 260 valence electrons. The molecular weight excluding hydrogens is 625 g/mol. The highest BCUT2D eigenvalue weighted by molar-refractivity contribution is 6.09. The Morgan fingerprint density at radius 1 is 0.765 bits per heavy atom. The number of pyridine rings is 1. The molecule has 1 atom stereocenters. The van der Waals surface area contributed by atoms with Gasteiger partial charge in [-0.15, -0.1) is 0 Å². The Balaban J connectivity index is 1.29. The maximum absolute atomic E-state index is 6.63. The van der Waals surface area contributed by atoms with Gasteiger partial charge in [0.15, 0.2) is 0 Å². The van der Waals surface area contributed by atoms with Crippen LogP contribution < -0.4 is 4.74 Å². The first-order valence-electron chi connectivity index (χ1n) is 18.5. The summed E-state index contributed by atoms with van der Waals surface area (Å²) in [6.07, 6.45) is 7.92. The van der Waals surface area contributed by atoms with E-state index < -0.39 is 0 Å². The summed E-state index contributed by atoms with van der Waals surface area (Å²) in [6, 6.07) is 36.6. The van der Waals surface area contributed by atoms with Crippen LogP contribution in [-0.2, 0) is 6.42 Å². The van der Waals surface area contributed by atoms with Gasteiger partial charge in [-0.05, 0) is 103 Å². The molecule has 5 nitrogen and oxygen atoms in total. The fraction of sp³-hybridized carbons (Fsp3) is 0.304. The van der Waals surface area contributed by atoms with E-state index in [-0.39, 0.29) is 5.41 Å². The molecule has 0 saturated heterocycles. The number of hydrogen-bond donors (Lipinski definition) is 0. The first kappa shape index (κ1) is 34.3. The summed E-state index contributed by atoms with van der Waals surface area (Å²) in [4.78, 5) is 4.93. The fourth-order valence-corrected chi connectivity index (χ4v) is 7.54. The lowest BCUT2D eigenvalue weighted by Crippen LogP contribution is -2.10. The topological polar surface area (TPSA) is 44.9 Å². The average molecular weight is 675 g/mol. The lowest BCUT2D eigenvalue weighted by Gasteiger charge is -2.18. The molecule has 0 amide bonds. The van der Waals surface area contributed by atoms with Gasteiger partial charge in [0, 0.05) is 40.4 Å². The smallest absolute Gasteiger partial charge is 0.137 e. The minimum absolute atomic E-state index is 0.175. The summed E-state index contributed by atoms with van der Waals surface area (Å²) in [7, 11) is 0. The number of ether oxygens (including phenoxy) is 1. The summed E-state index contributed by atoms with van der Waals surface area (Å²) < 4.78 is 11.0. The van der Waals surface area contributed by atoms with E-state index in [0.29, 0.717) is 5.92 Å². The number of rotatable bonds is 11. The third-order valence-corrected chi connectivity index (χ3v) is 10.00. The SMILES string of the molecule is CCCCCC(C)c1ccc2c(c1)c1ccc(Oc3cccc(-n4nc(C)c(-c5ccccc5)c4C)c3)cc1n2-c1cc(CC(C)(C)C)ccn1. The molecule has 3 heterocycles. The van der Waals surface area contributed by atoms with Gasteiger partial charge >= 0.3 is 0 Å². The zero-order chi connectivity index (χ0) is 35.7. The van der Waals surface area contributed by atoms with Crippen LogP contribution in [0.3, 0.4) is 0 Å². The number of aryl methyl sites for hydroxylation is 1. The number of benzene rings is 4. The van der Waals surface area contributed by atoms with E-state index in [9.17, 15) is 0 Å². The van der Waals surface area contributed by atoms with E-state index in [0.717, 1.165) is 51.8 Å². The van der Waals surface area contributed by atoms with Crippen molar-refractivity contribution < 1.29 is 4.74 Å². The van der Waals surface area contributed by atoms with Gasteiger partial charge in [0.2, 0.25) is 0 Å². The van der Waals surface area contributed by atoms with Crippen molar-refractivity contribution in [2.75, 3.05) is 0 Å². The maximum Gasteiger partial charge on any atom is 0.137 e. The van der Waals surface area contributed by atoms with Crippen molar-refractivity contribution in [3.05, 3.63) is 132 Å². The molecule has 0 radical (unpaired) electrons. The molecule has 51 heavy (non-hydrogen) atoms. The highest BCUT2D eigenvalue weighted by atomic mass is 16.5. The summed E-state index contributed by atoms with van der Waals surface area (Å²) in [5.74, 6) is 2.98. The Bertz CT molecular complexity index is 2300. The third-order valence-electron chi connectivity index (χ3n) is 10.00.